The van der Waals surface area contributed by atoms with Crippen molar-refractivity contribution in [3.63, 3.8) is 0 Å². The Kier molecular flexibility index (Phi) is 6.51. The second-order valence-electron chi connectivity index (χ2n) is 6.95. The average Bonchev–Trinajstić information content (AvgIpc) is 2.68. The normalized spacial score (nSPS) is 14.7. The van der Waals surface area contributed by atoms with Crippen LogP contribution >= 0.6 is 12.2 Å². The molecule has 4 heteroatoms. The highest BCUT2D eigenvalue weighted by atomic mass is 32.1. The summed E-state index contributed by atoms with van der Waals surface area (Å²) in [6.07, 6.45) is 6.32. The molecule has 1 N–H and O–H groups in total. The molecule has 3 nitrogen and oxygen atoms in total. The van der Waals surface area contributed by atoms with Gasteiger partial charge in [0.2, 0.25) is 0 Å². The largest absolute Gasteiger partial charge is 0.493 e. The molecular weight excluding hydrogens is 342 g/mol. The summed E-state index contributed by atoms with van der Waals surface area (Å²) in [5.74, 6) is 1.44. The van der Waals surface area contributed by atoms with Crippen molar-refractivity contribution < 1.29 is 9.47 Å². The van der Waals surface area contributed by atoms with Crippen molar-refractivity contribution in [1.82, 2.24) is 5.32 Å². The molecule has 0 saturated heterocycles. The van der Waals surface area contributed by atoms with Gasteiger partial charge in [-0.1, -0.05) is 61.3 Å². The molecule has 26 heavy (non-hydrogen) atoms. The molecule has 0 amide bonds. The lowest BCUT2D eigenvalue weighted by atomic mass is 9.95. The molecule has 0 unspecified atom stereocenters. The summed E-state index contributed by atoms with van der Waals surface area (Å²) in [6.45, 7) is 2.59. The van der Waals surface area contributed by atoms with Crippen molar-refractivity contribution in [3.8, 4) is 11.5 Å². The third kappa shape index (κ3) is 4.98. The summed E-state index contributed by atoms with van der Waals surface area (Å²) >= 11 is 5.60. The number of ether oxygens (including phenoxy) is 2. The van der Waals surface area contributed by atoms with E-state index in [2.05, 4.69) is 36.5 Å². The molecule has 1 fully saturated rings. The standard InChI is InChI=1S/C22H27NO2S/c1-16-8-10-17(11-9-16)15-25-20-13-12-18(14-21(20)24-2)22(26)23-19-6-4-3-5-7-19/h8-14,19H,3-7,15H2,1-2H3,(H,23,26). The minimum atomic E-state index is 0.500. The van der Waals surface area contributed by atoms with Gasteiger partial charge < -0.3 is 14.8 Å². The van der Waals surface area contributed by atoms with Crippen LogP contribution in [-0.4, -0.2) is 18.1 Å². The molecule has 138 valence electrons. The fraction of sp³-hybridized carbons (Fsp3) is 0.409. The van der Waals surface area contributed by atoms with Crippen molar-refractivity contribution in [3.05, 3.63) is 59.2 Å². The monoisotopic (exact) mass is 369 g/mol. The highest BCUT2D eigenvalue weighted by Crippen LogP contribution is 2.29. The molecule has 1 aliphatic rings. The minimum Gasteiger partial charge on any atom is -0.493 e. The molecule has 0 spiro atoms. The third-order valence-electron chi connectivity index (χ3n) is 4.88. The third-order valence-corrected chi connectivity index (χ3v) is 5.23. The number of thiocarbonyl (C=S) groups is 1. The van der Waals surface area contributed by atoms with Crippen LogP contribution in [0.4, 0.5) is 0 Å². The van der Waals surface area contributed by atoms with Crippen molar-refractivity contribution >= 4 is 17.2 Å². The Hall–Kier alpha value is -2.07. The molecule has 1 aliphatic carbocycles. The Labute approximate surface area is 161 Å². The van der Waals surface area contributed by atoms with E-state index in [0.29, 0.717) is 18.4 Å². The van der Waals surface area contributed by atoms with Crippen LogP contribution in [0.3, 0.4) is 0 Å². The summed E-state index contributed by atoms with van der Waals surface area (Å²) in [5, 5.41) is 3.50. The summed E-state index contributed by atoms with van der Waals surface area (Å²) < 4.78 is 11.5. The van der Waals surface area contributed by atoms with Gasteiger partial charge in [-0.3, -0.25) is 0 Å². The van der Waals surface area contributed by atoms with Gasteiger partial charge in [-0.15, -0.1) is 0 Å². The van der Waals surface area contributed by atoms with E-state index >= 15 is 0 Å². The number of nitrogens with one attached hydrogen (secondary N) is 1. The Morgan fingerprint density at radius 3 is 2.46 bits per heavy atom. The van der Waals surface area contributed by atoms with Crippen molar-refractivity contribution in [2.75, 3.05) is 7.11 Å². The van der Waals surface area contributed by atoms with Gasteiger partial charge in [0.05, 0.1) is 7.11 Å². The number of hydrogen-bond acceptors (Lipinski definition) is 3. The van der Waals surface area contributed by atoms with Gasteiger partial charge in [-0.05, 0) is 43.5 Å². The lowest BCUT2D eigenvalue weighted by Gasteiger charge is -2.24. The minimum absolute atomic E-state index is 0.500. The number of methoxy groups -OCH3 is 1. The van der Waals surface area contributed by atoms with Crippen LogP contribution in [0.15, 0.2) is 42.5 Å². The molecule has 0 aromatic heterocycles. The average molecular weight is 370 g/mol. The van der Waals surface area contributed by atoms with Crippen LogP contribution in [0, 0.1) is 6.92 Å². The predicted octanol–water partition coefficient (Wildman–Crippen LogP) is 5.18. The molecule has 0 radical (unpaired) electrons. The molecule has 0 heterocycles. The first kappa shape index (κ1) is 18.7. The topological polar surface area (TPSA) is 30.5 Å². The van der Waals surface area contributed by atoms with Crippen molar-refractivity contribution in [2.45, 2.75) is 51.7 Å². The zero-order chi connectivity index (χ0) is 18.4. The number of benzene rings is 2. The fourth-order valence-corrected chi connectivity index (χ4v) is 3.58. The molecule has 3 rings (SSSR count). The lowest BCUT2D eigenvalue weighted by Crippen LogP contribution is -2.35. The Bertz CT molecular complexity index is 736. The van der Waals surface area contributed by atoms with Crippen LogP contribution in [0.1, 0.15) is 48.8 Å². The predicted molar refractivity (Wildman–Crippen MR) is 110 cm³/mol. The summed E-state index contributed by atoms with van der Waals surface area (Å²) in [6, 6.07) is 14.8. The zero-order valence-electron chi connectivity index (χ0n) is 15.6. The SMILES string of the molecule is COc1cc(C(=S)NC2CCCCC2)ccc1OCc1ccc(C)cc1. The van der Waals surface area contributed by atoms with Crippen molar-refractivity contribution in [2.24, 2.45) is 0 Å². The van der Waals surface area contributed by atoms with Gasteiger partial charge in [-0.25, -0.2) is 0 Å². The maximum Gasteiger partial charge on any atom is 0.161 e. The summed E-state index contributed by atoms with van der Waals surface area (Å²) in [7, 11) is 1.66. The highest BCUT2D eigenvalue weighted by molar-refractivity contribution is 7.80. The second kappa shape index (κ2) is 9.04. The molecule has 0 atom stereocenters. The van der Waals surface area contributed by atoms with Gasteiger partial charge in [0.1, 0.15) is 11.6 Å². The van der Waals surface area contributed by atoms with E-state index in [0.717, 1.165) is 21.9 Å². The van der Waals surface area contributed by atoms with Crippen LogP contribution in [0.5, 0.6) is 11.5 Å². The molecule has 0 aliphatic heterocycles. The van der Waals surface area contributed by atoms with Gasteiger partial charge in [-0.2, -0.15) is 0 Å². The van der Waals surface area contributed by atoms with Gasteiger partial charge in [0.15, 0.2) is 11.5 Å². The van der Waals surface area contributed by atoms with E-state index in [4.69, 9.17) is 21.7 Å². The van der Waals surface area contributed by atoms with E-state index in [1.807, 2.05) is 18.2 Å². The van der Waals surface area contributed by atoms with Crippen LogP contribution < -0.4 is 14.8 Å². The molecule has 1 saturated carbocycles. The van der Waals surface area contributed by atoms with E-state index < -0.39 is 0 Å². The molecule has 0 bridgehead atoms. The molecule has 2 aromatic rings. The smallest absolute Gasteiger partial charge is 0.161 e. The second-order valence-corrected chi connectivity index (χ2v) is 7.36. The van der Waals surface area contributed by atoms with E-state index in [1.54, 1.807) is 7.11 Å². The van der Waals surface area contributed by atoms with E-state index in [1.165, 1.54) is 37.7 Å². The number of aryl methyl sites for hydroxylation is 1. The maximum atomic E-state index is 5.95. The highest BCUT2D eigenvalue weighted by Gasteiger charge is 2.16. The van der Waals surface area contributed by atoms with Gasteiger partial charge >= 0.3 is 0 Å². The van der Waals surface area contributed by atoms with Crippen LogP contribution in [0.2, 0.25) is 0 Å². The maximum absolute atomic E-state index is 5.95. The fourth-order valence-electron chi connectivity index (χ4n) is 3.29. The quantitative estimate of drug-likeness (QED) is 0.711. The molecule has 2 aromatic carbocycles. The first-order chi connectivity index (χ1) is 12.7. The first-order valence-corrected chi connectivity index (χ1v) is 9.74. The first-order valence-electron chi connectivity index (χ1n) is 9.33. The molecular formula is C22H27NO2S. The Morgan fingerprint density at radius 2 is 1.77 bits per heavy atom. The van der Waals surface area contributed by atoms with E-state index in [9.17, 15) is 0 Å². The zero-order valence-corrected chi connectivity index (χ0v) is 16.4. The number of rotatable bonds is 6. The van der Waals surface area contributed by atoms with Gasteiger partial charge in [0, 0.05) is 11.6 Å². The van der Waals surface area contributed by atoms with Gasteiger partial charge in [0.25, 0.3) is 0 Å². The van der Waals surface area contributed by atoms with Crippen LogP contribution in [-0.2, 0) is 6.61 Å². The number of hydrogen-bond donors (Lipinski definition) is 1. The Balaban J connectivity index is 1.64. The van der Waals surface area contributed by atoms with Crippen molar-refractivity contribution in [1.29, 1.82) is 0 Å². The lowest BCUT2D eigenvalue weighted by molar-refractivity contribution is 0.284. The van der Waals surface area contributed by atoms with Crippen LogP contribution in [0.25, 0.3) is 0 Å². The Morgan fingerprint density at radius 1 is 1.04 bits per heavy atom. The summed E-state index contributed by atoms with van der Waals surface area (Å²) in [4.78, 5) is 0.792. The van der Waals surface area contributed by atoms with E-state index in [-0.39, 0.29) is 0 Å². The summed E-state index contributed by atoms with van der Waals surface area (Å²) in [5.41, 5.74) is 3.36.